The molecule has 2 fully saturated rings. The second-order valence-electron chi connectivity index (χ2n) is 4.63. The molecule has 2 aliphatic heterocycles. The van der Waals surface area contributed by atoms with Gasteiger partial charge in [0.15, 0.2) is 0 Å². The van der Waals surface area contributed by atoms with Crippen LogP contribution >= 0.6 is 0 Å². The number of hydrogen-bond donors (Lipinski definition) is 1. The van der Waals surface area contributed by atoms with Crippen LogP contribution in [-0.2, 0) is 14.3 Å². The van der Waals surface area contributed by atoms with E-state index in [9.17, 15) is 4.79 Å². The first-order valence-electron chi connectivity index (χ1n) is 5.64. The average molecular weight is 214 g/mol. The third kappa shape index (κ3) is 2.69. The van der Waals surface area contributed by atoms with Crippen molar-refractivity contribution in [3.8, 4) is 0 Å². The summed E-state index contributed by atoms with van der Waals surface area (Å²) in [4.78, 5) is 10.5. The third-order valence-electron chi connectivity index (χ3n) is 3.43. The summed E-state index contributed by atoms with van der Waals surface area (Å²) >= 11 is 0. The van der Waals surface area contributed by atoms with E-state index in [4.69, 9.17) is 14.6 Å². The molecule has 1 spiro atoms. The Labute approximate surface area is 89.6 Å². The summed E-state index contributed by atoms with van der Waals surface area (Å²) in [7, 11) is 0. The molecule has 2 unspecified atom stereocenters. The van der Waals surface area contributed by atoms with E-state index in [-0.39, 0.29) is 12.0 Å². The van der Waals surface area contributed by atoms with Gasteiger partial charge in [-0.25, -0.2) is 0 Å². The lowest BCUT2D eigenvalue weighted by molar-refractivity contribution is -0.138. The summed E-state index contributed by atoms with van der Waals surface area (Å²) < 4.78 is 11.2. The molecule has 15 heavy (non-hydrogen) atoms. The minimum Gasteiger partial charge on any atom is -0.481 e. The van der Waals surface area contributed by atoms with Gasteiger partial charge in [0.2, 0.25) is 0 Å². The van der Waals surface area contributed by atoms with Gasteiger partial charge in [0.1, 0.15) is 0 Å². The molecule has 86 valence electrons. The lowest BCUT2D eigenvalue weighted by Crippen LogP contribution is -2.40. The van der Waals surface area contributed by atoms with E-state index in [1.54, 1.807) is 0 Å². The largest absolute Gasteiger partial charge is 0.481 e. The molecule has 4 heteroatoms. The normalized spacial score (nSPS) is 35.9. The Morgan fingerprint density at radius 3 is 3.00 bits per heavy atom. The molecule has 4 nitrogen and oxygen atoms in total. The van der Waals surface area contributed by atoms with E-state index in [2.05, 4.69) is 0 Å². The van der Waals surface area contributed by atoms with Gasteiger partial charge in [0, 0.05) is 26.1 Å². The molecule has 2 aliphatic rings. The van der Waals surface area contributed by atoms with E-state index in [1.165, 1.54) is 0 Å². The van der Waals surface area contributed by atoms with E-state index in [0.29, 0.717) is 12.5 Å². The van der Waals surface area contributed by atoms with Gasteiger partial charge in [-0.15, -0.1) is 0 Å². The predicted octanol–water partition coefficient (Wildman–Crippen LogP) is 1.44. The van der Waals surface area contributed by atoms with Gasteiger partial charge < -0.3 is 14.6 Å². The van der Waals surface area contributed by atoms with Crippen LogP contribution in [0, 0.1) is 5.92 Å². The van der Waals surface area contributed by atoms with E-state index >= 15 is 0 Å². The minimum absolute atomic E-state index is 0.0819. The summed E-state index contributed by atoms with van der Waals surface area (Å²) in [5.74, 6) is -0.199. The van der Waals surface area contributed by atoms with E-state index < -0.39 is 5.97 Å². The molecule has 2 saturated heterocycles. The van der Waals surface area contributed by atoms with Crippen molar-refractivity contribution in [2.75, 3.05) is 19.8 Å². The van der Waals surface area contributed by atoms with E-state index in [1.807, 2.05) is 0 Å². The van der Waals surface area contributed by atoms with Gasteiger partial charge in [-0.1, -0.05) is 0 Å². The van der Waals surface area contributed by atoms with Crippen molar-refractivity contribution < 1.29 is 19.4 Å². The highest BCUT2D eigenvalue weighted by Gasteiger charge is 2.40. The van der Waals surface area contributed by atoms with Crippen molar-refractivity contribution in [1.82, 2.24) is 0 Å². The van der Waals surface area contributed by atoms with Gasteiger partial charge in [0.05, 0.1) is 12.2 Å². The lowest BCUT2D eigenvalue weighted by atomic mass is 9.83. The maximum atomic E-state index is 10.5. The fraction of sp³-hybridized carbons (Fsp3) is 0.909. The maximum Gasteiger partial charge on any atom is 0.303 e. The van der Waals surface area contributed by atoms with Crippen LogP contribution < -0.4 is 0 Å². The Bertz CT molecular complexity index is 233. The van der Waals surface area contributed by atoms with Crippen molar-refractivity contribution in [3.05, 3.63) is 0 Å². The molecule has 0 aromatic rings. The Morgan fingerprint density at radius 1 is 1.47 bits per heavy atom. The number of aliphatic carboxylic acids is 1. The highest BCUT2D eigenvalue weighted by molar-refractivity contribution is 5.66. The highest BCUT2D eigenvalue weighted by Crippen LogP contribution is 2.37. The molecule has 0 radical (unpaired) electrons. The zero-order valence-electron chi connectivity index (χ0n) is 8.91. The minimum atomic E-state index is -0.696. The smallest absolute Gasteiger partial charge is 0.303 e. The monoisotopic (exact) mass is 214 g/mol. The Balaban J connectivity index is 1.84. The average Bonchev–Trinajstić information content (AvgIpc) is 2.63. The first kappa shape index (κ1) is 10.9. The lowest BCUT2D eigenvalue weighted by Gasteiger charge is -2.37. The van der Waals surface area contributed by atoms with Gasteiger partial charge in [-0.2, -0.15) is 0 Å². The van der Waals surface area contributed by atoms with Crippen LogP contribution in [0.5, 0.6) is 0 Å². The molecule has 2 rings (SSSR count). The summed E-state index contributed by atoms with van der Waals surface area (Å²) in [5.41, 5.74) is -0.0819. The van der Waals surface area contributed by atoms with Crippen LogP contribution in [0.3, 0.4) is 0 Å². The molecule has 1 N–H and O–H groups in total. The second-order valence-corrected chi connectivity index (χ2v) is 4.63. The molecule has 2 atom stereocenters. The van der Waals surface area contributed by atoms with Gasteiger partial charge in [-0.05, 0) is 25.2 Å². The van der Waals surface area contributed by atoms with Crippen molar-refractivity contribution in [1.29, 1.82) is 0 Å². The number of carboxylic acid groups (broad SMARTS) is 1. The quantitative estimate of drug-likeness (QED) is 0.772. The van der Waals surface area contributed by atoms with E-state index in [0.717, 1.165) is 38.9 Å². The van der Waals surface area contributed by atoms with Crippen LogP contribution in [0.4, 0.5) is 0 Å². The Hall–Kier alpha value is -0.610. The van der Waals surface area contributed by atoms with Crippen molar-refractivity contribution in [3.63, 3.8) is 0 Å². The van der Waals surface area contributed by atoms with Gasteiger partial charge >= 0.3 is 5.97 Å². The predicted molar refractivity (Wildman–Crippen MR) is 53.7 cm³/mol. The molecule has 0 amide bonds. The third-order valence-corrected chi connectivity index (χ3v) is 3.43. The molecule has 0 saturated carbocycles. The molecule has 0 aromatic carbocycles. The van der Waals surface area contributed by atoms with Gasteiger partial charge in [-0.3, -0.25) is 4.79 Å². The summed E-state index contributed by atoms with van der Waals surface area (Å²) in [6, 6.07) is 0. The first-order chi connectivity index (χ1) is 7.20. The number of carbonyl (C=O) groups is 1. The number of rotatable bonds is 3. The topological polar surface area (TPSA) is 55.8 Å². The summed E-state index contributed by atoms with van der Waals surface area (Å²) in [6.07, 6.45) is 3.99. The van der Waals surface area contributed by atoms with Crippen molar-refractivity contribution in [2.24, 2.45) is 5.92 Å². The van der Waals surface area contributed by atoms with Crippen LogP contribution in [0.1, 0.15) is 32.1 Å². The molecule has 0 aliphatic carbocycles. The molecule has 0 aromatic heterocycles. The van der Waals surface area contributed by atoms with Crippen LogP contribution in [-0.4, -0.2) is 36.5 Å². The summed E-state index contributed by atoms with van der Waals surface area (Å²) in [5, 5.41) is 8.65. The zero-order valence-corrected chi connectivity index (χ0v) is 8.91. The molecular weight excluding hydrogens is 196 g/mol. The summed E-state index contributed by atoms with van der Waals surface area (Å²) in [6.45, 7) is 2.23. The molecular formula is C11H18O4. The number of hydrogen-bond acceptors (Lipinski definition) is 3. The second kappa shape index (κ2) is 4.49. The fourth-order valence-electron chi connectivity index (χ4n) is 2.57. The van der Waals surface area contributed by atoms with Crippen molar-refractivity contribution >= 4 is 5.97 Å². The zero-order chi connectivity index (χ0) is 10.7. The molecule has 0 bridgehead atoms. The maximum absolute atomic E-state index is 10.5. The first-order valence-corrected chi connectivity index (χ1v) is 5.64. The van der Waals surface area contributed by atoms with Crippen LogP contribution in [0.25, 0.3) is 0 Å². The Kier molecular flexibility index (Phi) is 3.26. The van der Waals surface area contributed by atoms with Crippen molar-refractivity contribution in [2.45, 2.75) is 37.7 Å². The highest BCUT2D eigenvalue weighted by atomic mass is 16.6. The molecule has 2 heterocycles. The van der Waals surface area contributed by atoms with Crippen LogP contribution in [0.2, 0.25) is 0 Å². The number of ether oxygens (including phenoxy) is 2. The SMILES string of the molecule is O=C(O)CCC1CCOC2(CCOC2)C1. The fourth-order valence-corrected chi connectivity index (χ4v) is 2.57. The standard InChI is InChI=1S/C11H18O4/c12-10(13)2-1-9-3-5-15-11(7-9)4-6-14-8-11/h9H,1-8H2,(H,12,13). The van der Waals surface area contributed by atoms with Gasteiger partial charge in [0.25, 0.3) is 0 Å². The van der Waals surface area contributed by atoms with Crippen LogP contribution in [0.15, 0.2) is 0 Å². The number of carboxylic acids is 1. The Morgan fingerprint density at radius 2 is 2.33 bits per heavy atom.